The Morgan fingerprint density at radius 1 is 0.925 bits per heavy atom. The van der Waals surface area contributed by atoms with Gasteiger partial charge in [-0.15, -0.1) is 0 Å². The van der Waals surface area contributed by atoms with Gasteiger partial charge in [-0.3, -0.25) is 13.9 Å². The highest BCUT2D eigenvalue weighted by atomic mass is 35.5. The number of anilines is 1. The third-order valence-corrected chi connectivity index (χ3v) is 9.02. The average Bonchev–Trinajstić information content (AvgIpc) is 2.94. The lowest BCUT2D eigenvalue weighted by Gasteiger charge is -2.33. The molecule has 0 spiro atoms. The highest BCUT2D eigenvalue weighted by molar-refractivity contribution is 7.92. The SMILES string of the molecule is CCCCNC(=O)[C@H](CC)N(Cc1ccc(C)cc1)C(=O)CN(c1ccc(Cl)c(Cl)c1)S(=O)(=O)c1ccccc1. The second-order valence-electron chi connectivity index (χ2n) is 9.50. The van der Waals surface area contributed by atoms with Crippen molar-refractivity contribution in [1.29, 1.82) is 0 Å². The number of nitrogens with zero attached hydrogens (tertiary/aromatic N) is 2. The molecule has 0 saturated heterocycles. The standard InChI is InChI=1S/C30H35Cl2N3O4S/c1-4-6-18-33-30(37)28(5-2)34(20-23-14-12-22(3)13-15-23)29(36)21-35(24-16-17-26(31)27(32)19-24)40(38,39)25-10-8-7-9-11-25/h7-17,19,28H,4-6,18,20-21H2,1-3H3,(H,33,37)/t28-/m0/s1. The summed E-state index contributed by atoms with van der Waals surface area (Å²) in [5.41, 5.74) is 2.07. The number of hydrogen-bond donors (Lipinski definition) is 1. The van der Waals surface area contributed by atoms with Gasteiger partial charge < -0.3 is 10.2 Å². The number of hydrogen-bond acceptors (Lipinski definition) is 4. The molecule has 0 bridgehead atoms. The van der Waals surface area contributed by atoms with E-state index in [2.05, 4.69) is 5.32 Å². The molecule has 0 aliphatic heterocycles. The van der Waals surface area contributed by atoms with Crippen LogP contribution in [0.4, 0.5) is 5.69 Å². The molecule has 3 aromatic rings. The molecule has 0 radical (unpaired) electrons. The monoisotopic (exact) mass is 603 g/mol. The number of sulfonamides is 1. The fourth-order valence-corrected chi connectivity index (χ4v) is 5.92. The minimum Gasteiger partial charge on any atom is -0.354 e. The number of amides is 2. The number of carbonyl (C=O) groups excluding carboxylic acids is 2. The second-order valence-corrected chi connectivity index (χ2v) is 12.2. The summed E-state index contributed by atoms with van der Waals surface area (Å²) in [6.07, 6.45) is 2.08. The van der Waals surface area contributed by atoms with Gasteiger partial charge in [0.25, 0.3) is 10.0 Å². The first-order chi connectivity index (χ1) is 19.1. The van der Waals surface area contributed by atoms with E-state index >= 15 is 0 Å². The van der Waals surface area contributed by atoms with E-state index in [9.17, 15) is 18.0 Å². The van der Waals surface area contributed by atoms with Crippen LogP contribution in [0.1, 0.15) is 44.2 Å². The Balaban J connectivity index is 2.04. The molecule has 3 aromatic carbocycles. The lowest BCUT2D eigenvalue weighted by atomic mass is 10.1. The molecule has 1 atom stereocenters. The molecule has 0 saturated carbocycles. The minimum absolute atomic E-state index is 0.0170. The molecule has 0 unspecified atom stereocenters. The van der Waals surface area contributed by atoms with Crippen LogP contribution >= 0.6 is 23.2 Å². The van der Waals surface area contributed by atoms with Gasteiger partial charge in [-0.2, -0.15) is 0 Å². The van der Waals surface area contributed by atoms with Gasteiger partial charge in [0.05, 0.1) is 20.6 Å². The summed E-state index contributed by atoms with van der Waals surface area (Å²) in [5, 5.41) is 3.33. The summed E-state index contributed by atoms with van der Waals surface area (Å²) in [5.74, 6) is -0.799. The summed E-state index contributed by atoms with van der Waals surface area (Å²) in [4.78, 5) is 28.7. The Labute approximate surface area is 247 Å². The van der Waals surface area contributed by atoms with Gasteiger partial charge in [0.1, 0.15) is 12.6 Å². The number of rotatable bonds is 13. The highest BCUT2D eigenvalue weighted by Gasteiger charge is 2.33. The van der Waals surface area contributed by atoms with Crippen molar-refractivity contribution < 1.29 is 18.0 Å². The van der Waals surface area contributed by atoms with Crippen LogP contribution in [-0.2, 0) is 26.2 Å². The number of unbranched alkanes of at least 4 members (excludes halogenated alkanes) is 1. The normalized spacial score (nSPS) is 12.0. The molecule has 10 heteroatoms. The maximum absolute atomic E-state index is 14.0. The molecule has 40 heavy (non-hydrogen) atoms. The van der Waals surface area contributed by atoms with Crippen LogP contribution < -0.4 is 9.62 Å². The van der Waals surface area contributed by atoms with Gasteiger partial charge in [0.15, 0.2) is 0 Å². The lowest BCUT2D eigenvalue weighted by molar-refractivity contribution is -0.140. The van der Waals surface area contributed by atoms with Gasteiger partial charge in [0.2, 0.25) is 11.8 Å². The Bertz CT molecular complexity index is 1400. The summed E-state index contributed by atoms with van der Waals surface area (Å²) < 4.78 is 28.7. The zero-order valence-corrected chi connectivity index (χ0v) is 25.3. The molecule has 0 aliphatic carbocycles. The molecule has 7 nitrogen and oxygen atoms in total. The van der Waals surface area contributed by atoms with Crippen LogP contribution in [0.3, 0.4) is 0 Å². The fraction of sp³-hybridized carbons (Fsp3) is 0.333. The quantitative estimate of drug-likeness (QED) is 0.235. The molecular formula is C30H35Cl2N3O4S. The van der Waals surface area contributed by atoms with Crippen LogP contribution in [0, 0.1) is 6.92 Å². The van der Waals surface area contributed by atoms with Crippen LogP contribution in [0.15, 0.2) is 77.7 Å². The molecule has 214 valence electrons. The van der Waals surface area contributed by atoms with E-state index in [1.54, 1.807) is 18.2 Å². The van der Waals surface area contributed by atoms with Crippen molar-refractivity contribution in [3.05, 3.63) is 94.0 Å². The Morgan fingerprint density at radius 3 is 2.20 bits per heavy atom. The molecule has 0 aromatic heterocycles. The number of nitrogens with one attached hydrogen (secondary N) is 1. The maximum atomic E-state index is 14.0. The van der Waals surface area contributed by atoms with E-state index in [1.165, 1.54) is 35.2 Å². The molecule has 3 rings (SSSR count). The third kappa shape index (κ3) is 7.99. The minimum atomic E-state index is -4.18. The van der Waals surface area contributed by atoms with Crippen molar-refractivity contribution >= 4 is 50.7 Å². The van der Waals surface area contributed by atoms with Crippen molar-refractivity contribution in [3.63, 3.8) is 0 Å². The largest absolute Gasteiger partial charge is 0.354 e. The zero-order chi connectivity index (χ0) is 29.3. The van der Waals surface area contributed by atoms with Crippen molar-refractivity contribution in [3.8, 4) is 0 Å². The van der Waals surface area contributed by atoms with Crippen molar-refractivity contribution in [2.24, 2.45) is 0 Å². The number of aryl methyl sites for hydroxylation is 1. The van der Waals surface area contributed by atoms with E-state index in [4.69, 9.17) is 23.2 Å². The van der Waals surface area contributed by atoms with Crippen LogP contribution in [0.5, 0.6) is 0 Å². The summed E-state index contributed by atoms with van der Waals surface area (Å²) in [6, 6.07) is 19.1. The molecule has 0 fully saturated rings. The summed E-state index contributed by atoms with van der Waals surface area (Å²) in [6.45, 7) is 5.92. The molecule has 1 N–H and O–H groups in total. The highest BCUT2D eigenvalue weighted by Crippen LogP contribution is 2.31. The predicted octanol–water partition coefficient (Wildman–Crippen LogP) is 6.22. The lowest BCUT2D eigenvalue weighted by Crippen LogP contribution is -2.52. The second kappa shape index (κ2) is 14.5. The molecular weight excluding hydrogens is 569 g/mol. The number of carbonyl (C=O) groups is 2. The van der Waals surface area contributed by atoms with Crippen LogP contribution in [0.25, 0.3) is 0 Å². The van der Waals surface area contributed by atoms with Gasteiger partial charge >= 0.3 is 0 Å². The Hall–Kier alpha value is -3.07. The first-order valence-electron chi connectivity index (χ1n) is 13.2. The molecule has 2 amide bonds. The first-order valence-corrected chi connectivity index (χ1v) is 15.4. The van der Waals surface area contributed by atoms with Gasteiger partial charge in [-0.25, -0.2) is 8.42 Å². The van der Waals surface area contributed by atoms with Gasteiger partial charge in [0, 0.05) is 13.1 Å². The Kier molecular flexibility index (Phi) is 11.4. The maximum Gasteiger partial charge on any atom is 0.264 e. The number of halogens is 2. The van der Waals surface area contributed by atoms with Crippen molar-refractivity contribution in [1.82, 2.24) is 10.2 Å². The number of benzene rings is 3. The van der Waals surface area contributed by atoms with E-state index in [0.29, 0.717) is 13.0 Å². The third-order valence-electron chi connectivity index (χ3n) is 6.49. The van der Waals surface area contributed by atoms with Gasteiger partial charge in [-0.1, -0.05) is 91.5 Å². The van der Waals surface area contributed by atoms with Crippen molar-refractivity contribution in [2.75, 3.05) is 17.4 Å². The van der Waals surface area contributed by atoms with E-state index < -0.39 is 28.5 Å². The Morgan fingerprint density at radius 2 is 1.60 bits per heavy atom. The smallest absolute Gasteiger partial charge is 0.264 e. The van der Waals surface area contributed by atoms with Crippen LogP contribution in [0.2, 0.25) is 10.0 Å². The average molecular weight is 605 g/mol. The molecule has 0 aliphatic rings. The summed E-state index contributed by atoms with van der Waals surface area (Å²) >= 11 is 12.3. The summed E-state index contributed by atoms with van der Waals surface area (Å²) in [7, 11) is -4.18. The van der Waals surface area contributed by atoms with E-state index in [1.807, 2.05) is 45.0 Å². The first kappa shape index (κ1) is 31.5. The van der Waals surface area contributed by atoms with Crippen molar-refractivity contribution in [2.45, 2.75) is 57.5 Å². The topological polar surface area (TPSA) is 86.8 Å². The fourth-order valence-electron chi connectivity index (χ4n) is 4.20. The zero-order valence-electron chi connectivity index (χ0n) is 22.9. The van der Waals surface area contributed by atoms with Gasteiger partial charge in [-0.05, 0) is 55.7 Å². The molecule has 0 heterocycles. The predicted molar refractivity (Wildman–Crippen MR) is 161 cm³/mol. The van der Waals surface area contributed by atoms with E-state index in [0.717, 1.165) is 28.3 Å². The van der Waals surface area contributed by atoms with E-state index in [-0.39, 0.29) is 33.1 Å². The van der Waals surface area contributed by atoms with Crippen LogP contribution in [-0.4, -0.2) is 44.3 Å².